The molecule has 4 nitrogen and oxygen atoms in total. The molecule has 1 N–H and O–H groups in total. The van der Waals surface area contributed by atoms with E-state index in [0.29, 0.717) is 6.61 Å². The number of hydrogen-bond acceptors (Lipinski definition) is 3. The van der Waals surface area contributed by atoms with Crippen LogP contribution in [-0.4, -0.2) is 11.7 Å². The van der Waals surface area contributed by atoms with Gasteiger partial charge in [0.05, 0.1) is 6.61 Å². The van der Waals surface area contributed by atoms with Crippen molar-refractivity contribution in [2.24, 2.45) is 5.41 Å². The van der Waals surface area contributed by atoms with Crippen LogP contribution in [0.2, 0.25) is 0 Å². The zero-order valence-corrected chi connectivity index (χ0v) is 9.11. The third-order valence-corrected chi connectivity index (χ3v) is 1.35. The molecular formula is C10H17N2O2+. The summed E-state index contributed by atoms with van der Waals surface area (Å²) in [6.07, 6.45) is 3.34. The molecule has 14 heavy (non-hydrogen) atoms. The summed E-state index contributed by atoms with van der Waals surface area (Å²) >= 11 is 0. The fourth-order valence-electron chi connectivity index (χ4n) is 0.687. The number of diazo groups is 1. The molecule has 0 aliphatic rings. The molecule has 0 heterocycles. The summed E-state index contributed by atoms with van der Waals surface area (Å²) in [7, 11) is 0. The van der Waals surface area contributed by atoms with E-state index in [1.165, 1.54) is 6.08 Å². The molecule has 0 radical (unpaired) electrons. The van der Waals surface area contributed by atoms with E-state index in [2.05, 4.69) is 4.98 Å². The van der Waals surface area contributed by atoms with Crippen molar-refractivity contribution in [2.45, 2.75) is 27.7 Å². The Morgan fingerprint density at radius 2 is 2.07 bits per heavy atom. The molecule has 0 unspecified atom stereocenters. The molecule has 4 heteroatoms. The largest absolute Gasteiger partial charge is 0.475 e. The fraction of sp³-hybridized carbons (Fsp3) is 0.600. The molecule has 0 saturated carbocycles. The van der Waals surface area contributed by atoms with Crippen molar-refractivity contribution < 1.29 is 9.84 Å². The van der Waals surface area contributed by atoms with Crippen molar-refractivity contribution >= 4 is 0 Å². The van der Waals surface area contributed by atoms with Gasteiger partial charge in [0.25, 0.3) is 0 Å². The molecule has 0 saturated heterocycles. The van der Waals surface area contributed by atoms with Gasteiger partial charge in [-0.2, -0.15) is 0 Å². The first-order valence-corrected chi connectivity index (χ1v) is 4.51. The standard InChI is InChI=1S/C10H16N2O2/c1-5-14-9(13)8(12-11)6-7-10(2,3)4/h6-7H,5H2,1-4H3/p+1/b7-6+,9-8+. The van der Waals surface area contributed by atoms with Crippen LogP contribution in [0.15, 0.2) is 23.8 Å². The van der Waals surface area contributed by atoms with Crippen molar-refractivity contribution in [3.8, 4) is 0 Å². The lowest BCUT2D eigenvalue weighted by Gasteiger charge is -2.09. The van der Waals surface area contributed by atoms with Gasteiger partial charge in [0, 0.05) is 6.08 Å². The highest BCUT2D eigenvalue weighted by molar-refractivity contribution is 5.25. The number of allylic oxidation sites excluding steroid dienone is 2. The van der Waals surface area contributed by atoms with E-state index < -0.39 is 0 Å². The lowest BCUT2D eigenvalue weighted by molar-refractivity contribution is 0.0999. The van der Waals surface area contributed by atoms with Crippen LogP contribution in [0, 0.1) is 10.8 Å². The number of nitrogens with zero attached hydrogens (tertiary/aromatic N) is 2. The SMILES string of the molecule is CCO/C(O)=C(\C=C\C(C)(C)C)[N+]#N. The minimum atomic E-state index is -0.365. The van der Waals surface area contributed by atoms with E-state index >= 15 is 0 Å². The number of ether oxygens (including phenoxy) is 1. The van der Waals surface area contributed by atoms with Gasteiger partial charge in [-0.15, -0.1) is 0 Å². The topological polar surface area (TPSA) is 57.6 Å². The maximum absolute atomic E-state index is 9.26. The van der Waals surface area contributed by atoms with E-state index in [1.807, 2.05) is 26.8 Å². The predicted molar refractivity (Wildman–Crippen MR) is 55.0 cm³/mol. The second kappa shape index (κ2) is 5.28. The average molecular weight is 197 g/mol. The Morgan fingerprint density at radius 3 is 2.43 bits per heavy atom. The summed E-state index contributed by atoms with van der Waals surface area (Å²) in [5.74, 6) is -0.365. The van der Waals surface area contributed by atoms with Gasteiger partial charge in [0.1, 0.15) is 0 Å². The normalized spacial score (nSPS) is 13.6. The minimum Gasteiger partial charge on any atom is -0.475 e. The second-order valence-electron chi connectivity index (χ2n) is 3.92. The number of aliphatic hydroxyl groups is 1. The Kier molecular flexibility index (Phi) is 4.71. The zero-order valence-electron chi connectivity index (χ0n) is 9.11. The van der Waals surface area contributed by atoms with Crippen molar-refractivity contribution in [2.75, 3.05) is 6.61 Å². The van der Waals surface area contributed by atoms with Gasteiger partial charge in [0.15, 0.2) is 4.98 Å². The van der Waals surface area contributed by atoms with E-state index in [-0.39, 0.29) is 17.1 Å². The van der Waals surface area contributed by atoms with Gasteiger partial charge in [-0.1, -0.05) is 26.8 Å². The molecule has 0 rings (SSSR count). The van der Waals surface area contributed by atoms with Crippen molar-refractivity contribution in [1.82, 2.24) is 0 Å². The highest BCUT2D eigenvalue weighted by Gasteiger charge is 2.17. The summed E-state index contributed by atoms with van der Waals surface area (Å²) < 4.78 is 4.79. The van der Waals surface area contributed by atoms with Crippen LogP contribution in [0.25, 0.3) is 4.98 Å². The lowest BCUT2D eigenvalue weighted by Crippen LogP contribution is -1.99. The third kappa shape index (κ3) is 5.20. The number of hydrogen-bond donors (Lipinski definition) is 1. The van der Waals surface area contributed by atoms with Crippen LogP contribution in [0.3, 0.4) is 0 Å². The van der Waals surface area contributed by atoms with Crippen LogP contribution in [0.5, 0.6) is 0 Å². The lowest BCUT2D eigenvalue weighted by atomic mass is 9.96. The molecular weight excluding hydrogens is 180 g/mol. The minimum absolute atomic E-state index is 0.0294. The Hall–Kier alpha value is -1.50. The van der Waals surface area contributed by atoms with Crippen molar-refractivity contribution in [1.29, 1.82) is 5.39 Å². The number of aliphatic hydroxyl groups excluding tert-OH is 1. The molecule has 0 aromatic carbocycles. The monoisotopic (exact) mass is 197 g/mol. The Morgan fingerprint density at radius 1 is 1.50 bits per heavy atom. The van der Waals surface area contributed by atoms with Gasteiger partial charge in [-0.25, -0.2) is 0 Å². The first-order valence-electron chi connectivity index (χ1n) is 4.51. The van der Waals surface area contributed by atoms with Crippen molar-refractivity contribution in [3.63, 3.8) is 0 Å². The first-order chi connectivity index (χ1) is 6.40. The van der Waals surface area contributed by atoms with Crippen LogP contribution >= 0.6 is 0 Å². The van der Waals surface area contributed by atoms with E-state index in [9.17, 15) is 5.11 Å². The highest BCUT2D eigenvalue weighted by atomic mass is 16.6. The van der Waals surface area contributed by atoms with Crippen LogP contribution in [0.4, 0.5) is 0 Å². The maximum Gasteiger partial charge on any atom is 0.463 e. The van der Waals surface area contributed by atoms with Gasteiger partial charge in [0.2, 0.25) is 5.39 Å². The molecule has 0 aliphatic carbocycles. The Labute approximate surface area is 84.5 Å². The maximum atomic E-state index is 9.26. The van der Waals surface area contributed by atoms with Crippen LogP contribution in [0.1, 0.15) is 27.7 Å². The summed E-state index contributed by atoms with van der Waals surface area (Å²) in [5, 5.41) is 17.9. The summed E-state index contributed by atoms with van der Waals surface area (Å²) in [6, 6.07) is 0. The molecule has 0 fully saturated rings. The van der Waals surface area contributed by atoms with Crippen LogP contribution < -0.4 is 0 Å². The van der Waals surface area contributed by atoms with Gasteiger partial charge in [-0.3, -0.25) is 0 Å². The summed E-state index contributed by atoms with van der Waals surface area (Å²) in [4.78, 5) is 2.93. The summed E-state index contributed by atoms with van der Waals surface area (Å²) in [6.45, 7) is 8.05. The van der Waals surface area contributed by atoms with Gasteiger partial charge in [-0.05, 0) is 12.3 Å². The molecule has 0 bridgehead atoms. The molecule has 0 aliphatic heterocycles. The Balaban J connectivity index is 4.69. The van der Waals surface area contributed by atoms with E-state index in [4.69, 9.17) is 10.1 Å². The molecule has 0 amide bonds. The quantitative estimate of drug-likeness (QED) is 0.429. The van der Waals surface area contributed by atoms with Gasteiger partial charge >= 0.3 is 11.6 Å². The van der Waals surface area contributed by atoms with Crippen molar-refractivity contribution in [3.05, 3.63) is 28.8 Å². The van der Waals surface area contributed by atoms with E-state index in [1.54, 1.807) is 6.92 Å². The fourth-order valence-corrected chi connectivity index (χ4v) is 0.687. The molecule has 0 atom stereocenters. The predicted octanol–water partition coefficient (Wildman–Crippen LogP) is 3.21. The van der Waals surface area contributed by atoms with Gasteiger partial charge < -0.3 is 9.84 Å². The molecule has 0 aromatic heterocycles. The molecule has 78 valence electrons. The molecule has 0 aromatic rings. The first kappa shape index (κ1) is 12.5. The second-order valence-corrected chi connectivity index (χ2v) is 3.92. The molecule has 0 spiro atoms. The average Bonchev–Trinajstić information content (AvgIpc) is 2.03. The smallest absolute Gasteiger partial charge is 0.463 e. The Bertz CT molecular complexity index is 279. The number of rotatable bonds is 3. The van der Waals surface area contributed by atoms with Crippen LogP contribution in [-0.2, 0) is 4.74 Å². The zero-order chi connectivity index (χ0) is 11.2. The highest BCUT2D eigenvalue weighted by Crippen LogP contribution is 2.17. The summed E-state index contributed by atoms with van der Waals surface area (Å²) in [5.41, 5.74) is -0.00983. The third-order valence-electron chi connectivity index (χ3n) is 1.35. The van der Waals surface area contributed by atoms with E-state index in [0.717, 1.165) is 0 Å².